The van der Waals surface area contributed by atoms with E-state index in [0.29, 0.717) is 6.61 Å². The van der Waals surface area contributed by atoms with Gasteiger partial charge in [0.2, 0.25) is 0 Å². The van der Waals surface area contributed by atoms with Gasteiger partial charge in [-0.3, -0.25) is 0 Å². The second kappa shape index (κ2) is 6.27. The summed E-state index contributed by atoms with van der Waals surface area (Å²) in [6, 6.07) is 0. The standard InChI is InChI=1S/C13H19N3O2S/c1-8-9(2)18-10(3)12(8)13-16-15-11(19-13)7-14-5-6-17-4/h14H,5-7H2,1-4H3. The monoisotopic (exact) mass is 281 g/mol. The minimum Gasteiger partial charge on any atom is -0.466 e. The molecule has 0 aliphatic rings. The lowest BCUT2D eigenvalue weighted by molar-refractivity contribution is 0.199. The molecule has 0 unspecified atom stereocenters. The van der Waals surface area contributed by atoms with Gasteiger partial charge in [0.05, 0.1) is 12.2 Å². The molecule has 0 saturated carbocycles. The van der Waals surface area contributed by atoms with Crippen molar-refractivity contribution in [3.8, 4) is 10.6 Å². The smallest absolute Gasteiger partial charge is 0.151 e. The van der Waals surface area contributed by atoms with Crippen molar-refractivity contribution in [2.45, 2.75) is 27.3 Å². The number of ether oxygens (including phenoxy) is 1. The first kappa shape index (κ1) is 14.2. The summed E-state index contributed by atoms with van der Waals surface area (Å²) in [6.45, 7) is 8.22. The van der Waals surface area contributed by atoms with Crippen molar-refractivity contribution in [1.29, 1.82) is 0 Å². The number of aryl methyl sites for hydroxylation is 2. The molecule has 0 radical (unpaired) electrons. The van der Waals surface area contributed by atoms with Crippen LogP contribution in [-0.2, 0) is 11.3 Å². The van der Waals surface area contributed by atoms with Crippen LogP contribution in [0.25, 0.3) is 10.6 Å². The van der Waals surface area contributed by atoms with Crippen LogP contribution in [0.15, 0.2) is 4.42 Å². The van der Waals surface area contributed by atoms with E-state index in [9.17, 15) is 0 Å². The molecular formula is C13H19N3O2S. The molecule has 2 aromatic heterocycles. The predicted octanol–water partition coefficient (Wildman–Crippen LogP) is 2.46. The van der Waals surface area contributed by atoms with Gasteiger partial charge in [-0.2, -0.15) is 0 Å². The zero-order chi connectivity index (χ0) is 13.8. The van der Waals surface area contributed by atoms with Gasteiger partial charge in [-0.05, 0) is 20.8 Å². The number of methoxy groups -OCH3 is 1. The molecule has 0 saturated heterocycles. The summed E-state index contributed by atoms with van der Waals surface area (Å²) < 4.78 is 10.6. The van der Waals surface area contributed by atoms with Crippen LogP contribution in [0.3, 0.4) is 0 Å². The van der Waals surface area contributed by atoms with Gasteiger partial charge in [0.15, 0.2) is 5.01 Å². The Bertz CT molecular complexity index is 548. The van der Waals surface area contributed by atoms with Crippen LogP contribution in [0.1, 0.15) is 22.1 Å². The fraction of sp³-hybridized carbons (Fsp3) is 0.538. The highest BCUT2D eigenvalue weighted by Crippen LogP contribution is 2.33. The molecule has 19 heavy (non-hydrogen) atoms. The molecule has 6 heteroatoms. The first-order valence-electron chi connectivity index (χ1n) is 6.22. The van der Waals surface area contributed by atoms with Gasteiger partial charge in [0, 0.05) is 25.8 Å². The molecular weight excluding hydrogens is 262 g/mol. The van der Waals surface area contributed by atoms with Crippen molar-refractivity contribution in [1.82, 2.24) is 15.5 Å². The Hall–Kier alpha value is -1.24. The van der Waals surface area contributed by atoms with E-state index in [2.05, 4.69) is 22.4 Å². The van der Waals surface area contributed by atoms with E-state index in [1.54, 1.807) is 18.4 Å². The van der Waals surface area contributed by atoms with Crippen LogP contribution >= 0.6 is 11.3 Å². The molecule has 0 aliphatic heterocycles. The highest BCUT2D eigenvalue weighted by atomic mass is 32.1. The number of nitrogens with one attached hydrogen (secondary N) is 1. The third kappa shape index (κ3) is 3.20. The number of rotatable bonds is 6. The molecule has 0 amide bonds. The average Bonchev–Trinajstić information content (AvgIpc) is 2.91. The third-order valence-electron chi connectivity index (χ3n) is 3.00. The minimum absolute atomic E-state index is 0.699. The lowest BCUT2D eigenvalue weighted by Gasteiger charge is -1.99. The summed E-state index contributed by atoms with van der Waals surface area (Å²) in [5, 5.41) is 13.6. The van der Waals surface area contributed by atoms with Crippen molar-refractivity contribution < 1.29 is 9.15 Å². The molecule has 2 heterocycles. The summed E-state index contributed by atoms with van der Waals surface area (Å²) >= 11 is 1.60. The Morgan fingerprint density at radius 1 is 1.21 bits per heavy atom. The van der Waals surface area contributed by atoms with E-state index in [0.717, 1.165) is 45.8 Å². The van der Waals surface area contributed by atoms with Crippen molar-refractivity contribution >= 4 is 11.3 Å². The number of aromatic nitrogens is 2. The molecule has 0 bridgehead atoms. The molecule has 2 aromatic rings. The van der Waals surface area contributed by atoms with Gasteiger partial charge >= 0.3 is 0 Å². The summed E-state index contributed by atoms with van der Waals surface area (Å²) in [6.07, 6.45) is 0. The van der Waals surface area contributed by atoms with Gasteiger partial charge < -0.3 is 14.5 Å². The number of nitrogens with zero attached hydrogens (tertiary/aromatic N) is 2. The van der Waals surface area contributed by atoms with Crippen LogP contribution < -0.4 is 5.32 Å². The molecule has 104 valence electrons. The predicted molar refractivity (Wildman–Crippen MR) is 75.4 cm³/mol. The van der Waals surface area contributed by atoms with E-state index in [-0.39, 0.29) is 0 Å². The summed E-state index contributed by atoms with van der Waals surface area (Å²) in [5.41, 5.74) is 2.23. The Morgan fingerprint density at radius 3 is 2.63 bits per heavy atom. The maximum atomic E-state index is 5.63. The van der Waals surface area contributed by atoms with Crippen LogP contribution in [0, 0.1) is 20.8 Å². The highest BCUT2D eigenvalue weighted by molar-refractivity contribution is 7.14. The molecule has 0 aliphatic carbocycles. The average molecular weight is 281 g/mol. The topological polar surface area (TPSA) is 60.2 Å². The maximum Gasteiger partial charge on any atom is 0.151 e. The SMILES string of the molecule is COCCNCc1nnc(-c2c(C)oc(C)c2C)s1. The van der Waals surface area contributed by atoms with Crippen LogP contribution in [0.5, 0.6) is 0 Å². The highest BCUT2D eigenvalue weighted by Gasteiger charge is 2.17. The van der Waals surface area contributed by atoms with E-state index in [1.165, 1.54) is 0 Å². The van der Waals surface area contributed by atoms with Gasteiger partial charge in [-0.15, -0.1) is 10.2 Å². The quantitative estimate of drug-likeness (QED) is 0.824. The molecule has 1 N–H and O–H groups in total. The van der Waals surface area contributed by atoms with Crippen LogP contribution in [0.4, 0.5) is 0 Å². The van der Waals surface area contributed by atoms with Gasteiger partial charge in [-0.25, -0.2) is 0 Å². The first-order chi connectivity index (χ1) is 9.13. The molecule has 5 nitrogen and oxygen atoms in total. The molecule has 2 rings (SSSR count). The Labute approximate surface area is 117 Å². The normalized spacial score (nSPS) is 11.2. The molecule has 0 aromatic carbocycles. The number of furan rings is 1. The second-order valence-electron chi connectivity index (χ2n) is 4.38. The van der Waals surface area contributed by atoms with Gasteiger partial charge in [-0.1, -0.05) is 11.3 Å². The fourth-order valence-electron chi connectivity index (χ4n) is 1.90. The van der Waals surface area contributed by atoms with Crippen molar-refractivity contribution in [2.75, 3.05) is 20.3 Å². The lowest BCUT2D eigenvalue weighted by Crippen LogP contribution is -2.18. The second-order valence-corrected chi connectivity index (χ2v) is 5.45. The number of hydrogen-bond donors (Lipinski definition) is 1. The summed E-state index contributed by atoms with van der Waals surface area (Å²) in [4.78, 5) is 0. The summed E-state index contributed by atoms with van der Waals surface area (Å²) in [5.74, 6) is 1.85. The minimum atomic E-state index is 0.699. The zero-order valence-electron chi connectivity index (χ0n) is 11.7. The van der Waals surface area contributed by atoms with Gasteiger partial charge in [0.25, 0.3) is 0 Å². The Morgan fingerprint density at radius 2 is 2.00 bits per heavy atom. The van der Waals surface area contributed by atoms with Crippen molar-refractivity contribution in [3.63, 3.8) is 0 Å². The van der Waals surface area contributed by atoms with E-state index in [1.807, 2.05) is 13.8 Å². The number of hydrogen-bond acceptors (Lipinski definition) is 6. The van der Waals surface area contributed by atoms with Gasteiger partial charge in [0.1, 0.15) is 16.5 Å². The molecule has 0 spiro atoms. The van der Waals surface area contributed by atoms with E-state index in [4.69, 9.17) is 9.15 Å². The van der Waals surface area contributed by atoms with Crippen molar-refractivity contribution in [2.24, 2.45) is 0 Å². The van der Waals surface area contributed by atoms with Crippen molar-refractivity contribution in [3.05, 3.63) is 22.1 Å². The lowest BCUT2D eigenvalue weighted by atomic mass is 10.1. The van der Waals surface area contributed by atoms with Crippen LogP contribution in [-0.4, -0.2) is 30.5 Å². The van der Waals surface area contributed by atoms with E-state index >= 15 is 0 Å². The Balaban J connectivity index is 2.08. The third-order valence-corrected chi connectivity index (χ3v) is 3.94. The zero-order valence-corrected chi connectivity index (χ0v) is 12.6. The maximum absolute atomic E-state index is 5.63. The van der Waals surface area contributed by atoms with E-state index < -0.39 is 0 Å². The van der Waals surface area contributed by atoms with Crippen LogP contribution in [0.2, 0.25) is 0 Å². The fourth-order valence-corrected chi connectivity index (χ4v) is 2.86. The Kier molecular flexibility index (Phi) is 4.68. The molecule has 0 fully saturated rings. The molecule has 0 atom stereocenters. The largest absolute Gasteiger partial charge is 0.466 e. The first-order valence-corrected chi connectivity index (χ1v) is 7.04. The summed E-state index contributed by atoms with van der Waals surface area (Å²) in [7, 11) is 1.69.